The lowest BCUT2D eigenvalue weighted by atomic mass is 10.1. The van der Waals surface area contributed by atoms with Gasteiger partial charge >= 0.3 is 0 Å². The number of likely N-dealkylation sites (tertiary alicyclic amines) is 1. The van der Waals surface area contributed by atoms with Crippen LogP contribution in [0.3, 0.4) is 0 Å². The normalized spacial score (nSPS) is 16.6. The highest BCUT2D eigenvalue weighted by Gasteiger charge is 2.24. The van der Waals surface area contributed by atoms with Crippen molar-refractivity contribution in [2.24, 2.45) is 0 Å². The number of aromatic nitrogens is 1. The summed E-state index contributed by atoms with van der Waals surface area (Å²) in [5.74, 6) is -0.117. The van der Waals surface area contributed by atoms with Gasteiger partial charge in [0.1, 0.15) is 10.6 Å². The Kier molecular flexibility index (Phi) is 4.20. The number of rotatable bonds is 3. The summed E-state index contributed by atoms with van der Waals surface area (Å²) >= 11 is 0. The van der Waals surface area contributed by atoms with Gasteiger partial charge in [-0.25, -0.2) is 8.42 Å². The molecule has 1 aromatic heterocycles. The largest absolute Gasteiger partial charge is 0.342 e. The van der Waals surface area contributed by atoms with E-state index in [1.54, 1.807) is 9.47 Å². The minimum absolute atomic E-state index is 0.0172. The van der Waals surface area contributed by atoms with Crippen LogP contribution in [0.4, 0.5) is 0 Å². The molecule has 7 heteroatoms. The second-order valence-corrected chi connectivity index (χ2v) is 7.20. The molecular formula is C12H17ClN2O3S. The smallest absolute Gasteiger partial charge is 0.270 e. The molecule has 0 radical (unpaired) electrons. The Balaban J connectivity index is 2.32. The Bertz CT molecular complexity index is 574. The molecule has 0 aromatic carbocycles. The lowest BCUT2D eigenvalue weighted by Gasteiger charge is -2.26. The number of amides is 1. The number of carbonyl (C=O) groups is 1. The first-order valence-corrected chi connectivity index (χ1v) is 8.68. The van der Waals surface area contributed by atoms with E-state index in [0.29, 0.717) is 12.2 Å². The van der Waals surface area contributed by atoms with Crippen LogP contribution >= 0.6 is 10.7 Å². The van der Waals surface area contributed by atoms with E-state index < -0.39 is 9.05 Å². The summed E-state index contributed by atoms with van der Waals surface area (Å²) in [6.45, 7) is 3.85. The molecular weight excluding hydrogens is 288 g/mol. The molecule has 1 fully saturated rings. The Morgan fingerprint density at radius 1 is 1.32 bits per heavy atom. The van der Waals surface area contributed by atoms with E-state index in [9.17, 15) is 13.2 Å². The fraction of sp³-hybridized carbons (Fsp3) is 0.583. The highest BCUT2D eigenvalue weighted by molar-refractivity contribution is 8.13. The molecule has 1 amide bonds. The average molecular weight is 305 g/mol. The van der Waals surface area contributed by atoms with E-state index in [4.69, 9.17) is 10.7 Å². The second-order valence-electron chi connectivity index (χ2n) is 4.64. The Morgan fingerprint density at radius 3 is 2.47 bits per heavy atom. The molecule has 0 aliphatic carbocycles. The van der Waals surface area contributed by atoms with E-state index in [0.717, 1.165) is 32.4 Å². The summed E-state index contributed by atoms with van der Waals surface area (Å²) in [5, 5.41) is 0. The van der Waals surface area contributed by atoms with Crippen LogP contribution in [0.1, 0.15) is 36.7 Å². The molecule has 2 heterocycles. The Morgan fingerprint density at radius 2 is 1.95 bits per heavy atom. The highest BCUT2D eigenvalue weighted by atomic mass is 35.7. The molecule has 0 spiro atoms. The summed E-state index contributed by atoms with van der Waals surface area (Å²) in [6, 6.07) is 1.36. The summed E-state index contributed by atoms with van der Waals surface area (Å²) < 4.78 is 24.3. The molecule has 0 unspecified atom stereocenters. The summed E-state index contributed by atoms with van der Waals surface area (Å²) in [5.41, 5.74) is 0.392. The van der Waals surface area contributed by atoms with Gasteiger partial charge in [-0.15, -0.1) is 0 Å². The Hall–Kier alpha value is -1.01. The van der Waals surface area contributed by atoms with Crippen molar-refractivity contribution in [1.29, 1.82) is 0 Å². The van der Waals surface area contributed by atoms with Crippen molar-refractivity contribution in [3.63, 3.8) is 0 Å². The minimum Gasteiger partial charge on any atom is -0.342 e. The maximum atomic E-state index is 12.4. The zero-order chi connectivity index (χ0) is 14.0. The van der Waals surface area contributed by atoms with Crippen LogP contribution in [0.15, 0.2) is 17.2 Å². The third-order valence-corrected chi connectivity index (χ3v) is 4.68. The molecule has 1 aliphatic heterocycles. The van der Waals surface area contributed by atoms with Gasteiger partial charge in [-0.3, -0.25) is 4.79 Å². The molecule has 0 atom stereocenters. The van der Waals surface area contributed by atoms with E-state index in [1.807, 2.05) is 6.92 Å². The van der Waals surface area contributed by atoms with Crippen molar-refractivity contribution in [3.05, 3.63) is 18.0 Å². The summed E-state index contributed by atoms with van der Waals surface area (Å²) in [7, 11) is 1.53. The quantitative estimate of drug-likeness (QED) is 0.803. The Labute approximate surface area is 117 Å². The maximum absolute atomic E-state index is 12.4. The van der Waals surface area contributed by atoms with Gasteiger partial charge in [-0.05, 0) is 32.3 Å². The molecule has 5 nitrogen and oxygen atoms in total. The van der Waals surface area contributed by atoms with Crippen LogP contribution in [0.2, 0.25) is 0 Å². The van der Waals surface area contributed by atoms with E-state index in [-0.39, 0.29) is 10.8 Å². The van der Waals surface area contributed by atoms with Gasteiger partial charge in [0.05, 0.1) is 0 Å². The number of hydrogen-bond donors (Lipinski definition) is 0. The van der Waals surface area contributed by atoms with Gasteiger partial charge < -0.3 is 9.47 Å². The average Bonchev–Trinajstić information content (AvgIpc) is 2.83. The molecule has 0 bridgehead atoms. The molecule has 1 saturated heterocycles. The molecule has 2 rings (SSSR count). The predicted octanol–water partition coefficient (Wildman–Crippen LogP) is 2.06. The van der Waals surface area contributed by atoms with Crippen LogP contribution in [-0.2, 0) is 15.6 Å². The topological polar surface area (TPSA) is 59.4 Å². The molecule has 0 N–H and O–H groups in total. The zero-order valence-corrected chi connectivity index (χ0v) is 12.4. The predicted molar refractivity (Wildman–Crippen MR) is 72.9 cm³/mol. The fourth-order valence-electron chi connectivity index (χ4n) is 2.32. The number of aryl methyl sites for hydroxylation is 1. The minimum atomic E-state index is -3.80. The van der Waals surface area contributed by atoms with Gasteiger partial charge in [-0.2, -0.15) is 0 Å². The first-order valence-electron chi connectivity index (χ1n) is 6.37. The van der Waals surface area contributed by atoms with Crippen LogP contribution in [0.25, 0.3) is 0 Å². The fourth-order valence-corrected chi connectivity index (χ4v) is 3.08. The second kappa shape index (κ2) is 5.54. The summed E-state index contributed by atoms with van der Waals surface area (Å²) in [6.07, 6.45) is 4.55. The molecule has 1 aromatic rings. The van der Waals surface area contributed by atoms with Gasteiger partial charge in [0, 0.05) is 36.5 Å². The lowest BCUT2D eigenvalue weighted by Crippen LogP contribution is -2.36. The lowest BCUT2D eigenvalue weighted by molar-refractivity contribution is 0.0713. The van der Waals surface area contributed by atoms with E-state index in [1.165, 1.54) is 12.3 Å². The van der Waals surface area contributed by atoms with Crippen LogP contribution < -0.4 is 0 Å². The monoisotopic (exact) mass is 304 g/mol. The number of halogens is 1. The standard InChI is InChI=1S/C12H17ClN2O3S/c1-2-14-9-10(19(13,17)18)8-11(14)12(16)15-6-4-3-5-7-15/h8-9H,2-7H2,1H3. The maximum Gasteiger partial charge on any atom is 0.270 e. The molecule has 0 saturated carbocycles. The first-order chi connectivity index (χ1) is 8.93. The number of hydrogen-bond acceptors (Lipinski definition) is 3. The zero-order valence-electron chi connectivity index (χ0n) is 10.8. The third-order valence-electron chi connectivity index (χ3n) is 3.36. The van der Waals surface area contributed by atoms with E-state index in [2.05, 4.69) is 0 Å². The SMILES string of the molecule is CCn1cc(S(=O)(=O)Cl)cc1C(=O)N1CCCCC1. The van der Waals surface area contributed by atoms with Gasteiger partial charge in [0.25, 0.3) is 15.0 Å². The van der Waals surface area contributed by atoms with Crippen molar-refractivity contribution in [2.75, 3.05) is 13.1 Å². The summed E-state index contributed by atoms with van der Waals surface area (Å²) in [4.78, 5) is 14.1. The van der Waals surface area contributed by atoms with Crippen molar-refractivity contribution < 1.29 is 13.2 Å². The molecule has 106 valence electrons. The number of piperidine rings is 1. The van der Waals surface area contributed by atoms with Gasteiger partial charge in [-0.1, -0.05) is 0 Å². The third kappa shape index (κ3) is 3.12. The van der Waals surface area contributed by atoms with E-state index >= 15 is 0 Å². The first kappa shape index (κ1) is 14.4. The number of nitrogens with zero attached hydrogens (tertiary/aromatic N) is 2. The van der Waals surface area contributed by atoms with Crippen LogP contribution in [0.5, 0.6) is 0 Å². The van der Waals surface area contributed by atoms with Gasteiger partial charge in [0.15, 0.2) is 0 Å². The number of carbonyl (C=O) groups excluding carboxylic acids is 1. The molecule has 1 aliphatic rings. The van der Waals surface area contributed by atoms with Crippen molar-refractivity contribution in [1.82, 2.24) is 9.47 Å². The van der Waals surface area contributed by atoms with Crippen LogP contribution in [-0.4, -0.2) is 36.9 Å². The van der Waals surface area contributed by atoms with Crippen molar-refractivity contribution in [2.45, 2.75) is 37.6 Å². The molecule has 19 heavy (non-hydrogen) atoms. The van der Waals surface area contributed by atoms with Crippen LogP contribution in [0, 0.1) is 0 Å². The highest BCUT2D eigenvalue weighted by Crippen LogP contribution is 2.21. The van der Waals surface area contributed by atoms with Gasteiger partial charge in [0.2, 0.25) is 0 Å². The van der Waals surface area contributed by atoms with Crippen molar-refractivity contribution >= 4 is 25.6 Å². The van der Waals surface area contributed by atoms with Crippen molar-refractivity contribution in [3.8, 4) is 0 Å².